The smallest absolute Gasteiger partial charge is 0.0299 e. The van der Waals surface area contributed by atoms with E-state index in [2.05, 4.69) is 44.3 Å². The molecule has 1 aliphatic heterocycles. The van der Waals surface area contributed by atoms with Gasteiger partial charge in [-0.15, -0.1) is 0 Å². The molecule has 0 unspecified atom stereocenters. The Morgan fingerprint density at radius 3 is 2.67 bits per heavy atom. The Labute approximate surface area is 94.9 Å². The van der Waals surface area contributed by atoms with Gasteiger partial charge in [0, 0.05) is 25.3 Å². The third-order valence-corrected chi connectivity index (χ3v) is 3.33. The van der Waals surface area contributed by atoms with Crippen molar-refractivity contribution in [1.82, 2.24) is 9.80 Å². The van der Waals surface area contributed by atoms with Crippen LogP contribution in [0.25, 0.3) is 0 Å². The van der Waals surface area contributed by atoms with Crippen LogP contribution in [0.1, 0.15) is 33.1 Å². The lowest BCUT2D eigenvalue weighted by Gasteiger charge is -2.25. The molecule has 0 bridgehead atoms. The van der Waals surface area contributed by atoms with Gasteiger partial charge in [0.15, 0.2) is 0 Å². The molecule has 2 nitrogen and oxygen atoms in total. The highest BCUT2D eigenvalue weighted by Crippen LogP contribution is 2.25. The Bertz CT molecular complexity index is 211. The highest BCUT2D eigenvalue weighted by atomic mass is 15.2. The topological polar surface area (TPSA) is 6.48 Å². The molecule has 0 aliphatic carbocycles. The van der Waals surface area contributed by atoms with Gasteiger partial charge in [0.1, 0.15) is 0 Å². The van der Waals surface area contributed by atoms with E-state index in [0.29, 0.717) is 0 Å². The zero-order valence-electron chi connectivity index (χ0n) is 10.8. The van der Waals surface area contributed by atoms with E-state index in [-0.39, 0.29) is 0 Å². The van der Waals surface area contributed by atoms with Gasteiger partial charge in [-0.3, -0.25) is 0 Å². The number of nitrogens with zero attached hydrogens (tertiary/aromatic N) is 2. The molecule has 0 radical (unpaired) electrons. The fourth-order valence-corrected chi connectivity index (χ4v) is 2.38. The molecule has 88 valence electrons. The van der Waals surface area contributed by atoms with Gasteiger partial charge in [0.25, 0.3) is 0 Å². The summed E-state index contributed by atoms with van der Waals surface area (Å²) in [5.41, 5.74) is 1.31. The van der Waals surface area contributed by atoms with E-state index in [1.54, 1.807) is 0 Å². The molecular weight excluding hydrogens is 184 g/mol. The standard InChI is InChI=1S/C13H26N2/c1-11(2)10-14(4)9-8-13-7-6-12(3)15(13)5/h11,13H,3,6-10H2,1-2,4-5H3/t13-/m1/s1. The van der Waals surface area contributed by atoms with Crippen LogP contribution in [-0.4, -0.2) is 43.0 Å². The van der Waals surface area contributed by atoms with Crippen molar-refractivity contribution in [3.8, 4) is 0 Å². The largest absolute Gasteiger partial charge is 0.375 e. The molecule has 0 N–H and O–H groups in total. The first kappa shape index (κ1) is 12.6. The van der Waals surface area contributed by atoms with Gasteiger partial charge < -0.3 is 9.80 Å². The summed E-state index contributed by atoms with van der Waals surface area (Å²) in [4.78, 5) is 4.81. The summed E-state index contributed by atoms with van der Waals surface area (Å²) in [7, 11) is 4.41. The number of hydrogen-bond donors (Lipinski definition) is 0. The molecule has 0 saturated carbocycles. The van der Waals surface area contributed by atoms with Crippen LogP contribution in [0.2, 0.25) is 0 Å². The van der Waals surface area contributed by atoms with E-state index in [4.69, 9.17) is 0 Å². The predicted molar refractivity (Wildman–Crippen MR) is 66.9 cm³/mol. The first-order chi connectivity index (χ1) is 7.00. The molecule has 1 saturated heterocycles. The molecule has 1 heterocycles. The van der Waals surface area contributed by atoms with E-state index in [9.17, 15) is 0 Å². The molecule has 1 fully saturated rings. The zero-order valence-corrected chi connectivity index (χ0v) is 10.8. The quantitative estimate of drug-likeness (QED) is 0.688. The summed E-state index contributed by atoms with van der Waals surface area (Å²) in [5, 5.41) is 0. The number of likely N-dealkylation sites (tertiary alicyclic amines) is 1. The fraction of sp³-hybridized carbons (Fsp3) is 0.846. The maximum absolute atomic E-state index is 4.07. The van der Waals surface area contributed by atoms with Crippen LogP contribution in [-0.2, 0) is 0 Å². The van der Waals surface area contributed by atoms with Crippen molar-refractivity contribution in [1.29, 1.82) is 0 Å². The maximum atomic E-state index is 4.07. The monoisotopic (exact) mass is 210 g/mol. The van der Waals surface area contributed by atoms with Crippen molar-refractivity contribution < 1.29 is 0 Å². The van der Waals surface area contributed by atoms with Crippen molar-refractivity contribution in [2.75, 3.05) is 27.2 Å². The summed E-state index contributed by atoms with van der Waals surface area (Å²) in [6.07, 6.45) is 3.76. The summed E-state index contributed by atoms with van der Waals surface area (Å²) in [5.74, 6) is 0.770. The van der Waals surface area contributed by atoms with Crippen LogP contribution in [0.5, 0.6) is 0 Å². The van der Waals surface area contributed by atoms with Gasteiger partial charge in [-0.25, -0.2) is 0 Å². The molecule has 0 aromatic carbocycles. The van der Waals surface area contributed by atoms with Crippen molar-refractivity contribution in [3.05, 3.63) is 12.3 Å². The Hall–Kier alpha value is -0.500. The average molecular weight is 210 g/mol. The SMILES string of the molecule is C=C1CC[C@H](CCN(C)CC(C)C)N1C. The molecule has 1 atom stereocenters. The number of rotatable bonds is 5. The van der Waals surface area contributed by atoms with Gasteiger partial charge in [-0.2, -0.15) is 0 Å². The maximum Gasteiger partial charge on any atom is 0.0299 e. The van der Waals surface area contributed by atoms with Gasteiger partial charge in [0.2, 0.25) is 0 Å². The van der Waals surface area contributed by atoms with Gasteiger partial charge in [0.05, 0.1) is 0 Å². The summed E-state index contributed by atoms with van der Waals surface area (Å²) in [6.45, 7) is 11.0. The van der Waals surface area contributed by atoms with E-state index in [0.717, 1.165) is 12.0 Å². The molecule has 0 amide bonds. The predicted octanol–water partition coefficient (Wildman–Crippen LogP) is 2.57. The van der Waals surface area contributed by atoms with Crippen molar-refractivity contribution in [3.63, 3.8) is 0 Å². The van der Waals surface area contributed by atoms with Crippen molar-refractivity contribution in [2.24, 2.45) is 5.92 Å². The van der Waals surface area contributed by atoms with E-state index in [1.807, 2.05) is 0 Å². The number of allylic oxidation sites excluding steroid dienone is 1. The molecule has 1 aliphatic rings. The van der Waals surface area contributed by atoms with Crippen LogP contribution in [0.3, 0.4) is 0 Å². The van der Waals surface area contributed by atoms with Gasteiger partial charge >= 0.3 is 0 Å². The van der Waals surface area contributed by atoms with Crippen LogP contribution in [0.4, 0.5) is 0 Å². The molecule has 2 heteroatoms. The highest BCUT2D eigenvalue weighted by molar-refractivity contribution is 5.02. The molecule has 0 aromatic heterocycles. The van der Waals surface area contributed by atoms with Gasteiger partial charge in [-0.05, 0) is 38.8 Å². The van der Waals surface area contributed by atoms with Crippen LogP contribution in [0.15, 0.2) is 12.3 Å². The van der Waals surface area contributed by atoms with Crippen LogP contribution < -0.4 is 0 Å². The fourth-order valence-electron chi connectivity index (χ4n) is 2.38. The Balaban J connectivity index is 2.22. The second-order valence-electron chi connectivity index (χ2n) is 5.31. The van der Waals surface area contributed by atoms with Gasteiger partial charge in [-0.1, -0.05) is 20.4 Å². The van der Waals surface area contributed by atoms with Crippen molar-refractivity contribution >= 4 is 0 Å². The van der Waals surface area contributed by atoms with Crippen LogP contribution >= 0.6 is 0 Å². The first-order valence-electron chi connectivity index (χ1n) is 6.10. The summed E-state index contributed by atoms with van der Waals surface area (Å²) in [6, 6.07) is 0.729. The molecule has 15 heavy (non-hydrogen) atoms. The third-order valence-electron chi connectivity index (χ3n) is 3.33. The van der Waals surface area contributed by atoms with Crippen molar-refractivity contribution in [2.45, 2.75) is 39.2 Å². The van der Waals surface area contributed by atoms with E-state index in [1.165, 1.54) is 38.0 Å². The lowest BCUT2D eigenvalue weighted by atomic mass is 10.1. The first-order valence-corrected chi connectivity index (χ1v) is 6.10. The zero-order chi connectivity index (χ0) is 11.4. The third kappa shape index (κ3) is 3.86. The molecule has 0 spiro atoms. The number of hydrogen-bond acceptors (Lipinski definition) is 2. The highest BCUT2D eigenvalue weighted by Gasteiger charge is 2.23. The lowest BCUT2D eigenvalue weighted by molar-refractivity contribution is 0.248. The summed E-state index contributed by atoms with van der Waals surface area (Å²) >= 11 is 0. The van der Waals surface area contributed by atoms with E-state index >= 15 is 0 Å². The minimum atomic E-state index is 0.729. The lowest BCUT2D eigenvalue weighted by Crippen LogP contribution is -2.31. The molecule has 1 rings (SSSR count). The average Bonchev–Trinajstić information content (AvgIpc) is 2.44. The minimum Gasteiger partial charge on any atom is -0.375 e. The molecular formula is C13H26N2. The molecule has 0 aromatic rings. The normalized spacial score (nSPS) is 22.1. The minimum absolute atomic E-state index is 0.729. The van der Waals surface area contributed by atoms with Crippen LogP contribution in [0, 0.1) is 5.92 Å². The second-order valence-corrected chi connectivity index (χ2v) is 5.31. The Morgan fingerprint density at radius 1 is 1.53 bits per heavy atom. The summed E-state index contributed by atoms with van der Waals surface area (Å²) < 4.78 is 0. The Kier molecular flexibility index (Phi) is 4.65. The van der Waals surface area contributed by atoms with E-state index < -0.39 is 0 Å². The second kappa shape index (κ2) is 5.55. The Morgan fingerprint density at radius 2 is 2.20 bits per heavy atom.